The van der Waals surface area contributed by atoms with Gasteiger partial charge < -0.3 is 0 Å². The van der Waals surface area contributed by atoms with Crippen LogP contribution in [0, 0.1) is 23.2 Å². The van der Waals surface area contributed by atoms with Crippen molar-refractivity contribution in [1.82, 2.24) is 4.90 Å². The normalized spacial score (nSPS) is 35.1. The highest BCUT2D eigenvalue weighted by molar-refractivity contribution is 5.11. The summed E-state index contributed by atoms with van der Waals surface area (Å²) < 4.78 is 0. The minimum atomic E-state index is -0.127. The summed E-state index contributed by atoms with van der Waals surface area (Å²) in [7, 11) is 0. The van der Waals surface area contributed by atoms with Gasteiger partial charge in [0.2, 0.25) is 0 Å². The molecule has 18 heavy (non-hydrogen) atoms. The van der Waals surface area contributed by atoms with Crippen LogP contribution in [0.15, 0.2) is 0 Å². The zero-order chi connectivity index (χ0) is 13.0. The quantitative estimate of drug-likeness (QED) is 0.739. The third-order valence-electron chi connectivity index (χ3n) is 5.13. The summed E-state index contributed by atoms with van der Waals surface area (Å²) in [6.07, 6.45) is 10.1. The third-order valence-corrected chi connectivity index (χ3v) is 5.13. The smallest absolute Gasteiger partial charge is 0.109 e. The number of hydrogen-bond donors (Lipinski definition) is 0. The van der Waals surface area contributed by atoms with Crippen molar-refractivity contribution in [3.63, 3.8) is 0 Å². The highest BCUT2D eigenvalue weighted by Crippen LogP contribution is 2.40. The zero-order valence-corrected chi connectivity index (χ0v) is 12.1. The summed E-state index contributed by atoms with van der Waals surface area (Å²) in [6.45, 7) is 6.94. The van der Waals surface area contributed by atoms with Gasteiger partial charge in [-0.1, -0.05) is 33.1 Å². The van der Waals surface area contributed by atoms with Gasteiger partial charge in [-0.3, -0.25) is 4.90 Å². The molecule has 0 aromatic carbocycles. The summed E-state index contributed by atoms with van der Waals surface area (Å²) >= 11 is 0. The van der Waals surface area contributed by atoms with E-state index in [2.05, 4.69) is 24.8 Å². The van der Waals surface area contributed by atoms with E-state index in [1.54, 1.807) is 0 Å². The molecule has 2 rings (SSSR count). The van der Waals surface area contributed by atoms with Gasteiger partial charge in [-0.15, -0.1) is 0 Å². The SMILES string of the molecule is CC(C)C1CCCC(C#N)(N2CCCCCC2)C1. The predicted octanol–water partition coefficient (Wildman–Crippen LogP) is 3.97. The van der Waals surface area contributed by atoms with E-state index in [1.807, 2.05) is 0 Å². The Morgan fingerprint density at radius 2 is 1.78 bits per heavy atom. The number of hydrogen-bond acceptors (Lipinski definition) is 2. The minimum Gasteiger partial charge on any atom is -0.286 e. The second-order valence-corrected chi connectivity index (χ2v) is 6.65. The predicted molar refractivity (Wildman–Crippen MR) is 75.2 cm³/mol. The molecule has 0 N–H and O–H groups in total. The largest absolute Gasteiger partial charge is 0.286 e. The van der Waals surface area contributed by atoms with Crippen molar-refractivity contribution in [3.8, 4) is 6.07 Å². The van der Waals surface area contributed by atoms with Crippen molar-refractivity contribution in [3.05, 3.63) is 0 Å². The molecule has 0 amide bonds. The maximum Gasteiger partial charge on any atom is 0.109 e. The molecule has 1 aliphatic heterocycles. The molecule has 0 bridgehead atoms. The lowest BCUT2D eigenvalue weighted by atomic mass is 9.71. The Morgan fingerprint density at radius 3 is 2.33 bits per heavy atom. The first-order valence-electron chi connectivity index (χ1n) is 7.84. The van der Waals surface area contributed by atoms with Crippen LogP contribution in [0.1, 0.15) is 65.2 Å². The van der Waals surface area contributed by atoms with Crippen molar-refractivity contribution in [2.45, 2.75) is 70.8 Å². The minimum absolute atomic E-state index is 0.127. The van der Waals surface area contributed by atoms with Gasteiger partial charge in [-0.05, 0) is 57.0 Å². The van der Waals surface area contributed by atoms with Crippen LogP contribution < -0.4 is 0 Å². The third kappa shape index (κ3) is 2.88. The van der Waals surface area contributed by atoms with Gasteiger partial charge >= 0.3 is 0 Å². The fourth-order valence-corrected chi connectivity index (χ4v) is 3.82. The molecule has 0 spiro atoms. The van der Waals surface area contributed by atoms with Crippen LogP contribution in [0.4, 0.5) is 0 Å². The van der Waals surface area contributed by atoms with Crippen LogP contribution in [0.25, 0.3) is 0 Å². The zero-order valence-electron chi connectivity index (χ0n) is 12.1. The molecule has 2 heteroatoms. The summed E-state index contributed by atoms with van der Waals surface area (Å²) in [5, 5.41) is 9.79. The van der Waals surface area contributed by atoms with Gasteiger partial charge in [0.15, 0.2) is 0 Å². The molecule has 2 unspecified atom stereocenters. The number of rotatable bonds is 2. The van der Waals surface area contributed by atoms with Crippen molar-refractivity contribution < 1.29 is 0 Å². The van der Waals surface area contributed by atoms with E-state index in [1.165, 1.54) is 38.5 Å². The first kappa shape index (κ1) is 13.9. The lowest BCUT2D eigenvalue weighted by Gasteiger charge is -2.44. The molecule has 1 saturated carbocycles. The molecule has 1 aliphatic carbocycles. The molecule has 0 aromatic rings. The van der Waals surface area contributed by atoms with Crippen LogP contribution in [-0.4, -0.2) is 23.5 Å². The molecular weight excluding hydrogens is 220 g/mol. The summed E-state index contributed by atoms with van der Waals surface area (Å²) in [4.78, 5) is 2.54. The van der Waals surface area contributed by atoms with E-state index in [0.29, 0.717) is 0 Å². The van der Waals surface area contributed by atoms with E-state index < -0.39 is 0 Å². The Balaban J connectivity index is 2.11. The standard InChI is InChI=1S/C16H28N2/c1-14(2)15-8-7-9-16(12-15,13-17)18-10-5-3-4-6-11-18/h14-15H,3-12H2,1-2H3. The number of nitriles is 1. The van der Waals surface area contributed by atoms with Crippen molar-refractivity contribution >= 4 is 0 Å². The molecule has 2 atom stereocenters. The van der Waals surface area contributed by atoms with Crippen LogP contribution in [0.3, 0.4) is 0 Å². The van der Waals surface area contributed by atoms with E-state index in [-0.39, 0.29) is 5.54 Å². The maximum atomic E-state index is 9.79. The monoisotopic (exact) mass is 248 g/mol. The van der Waals surface area contributed by atoms with Crippen molar-refractivity contribution in [2.75, 3.05) is 13.1 Å². The lowest BCUT2D eigenvalue weighted by Crippen LogP contribution is -2.51. The molecule has 0 aromatic heterocycles. The molecule has 0 radical (unpaired) electrons. The van der Waals surface area contributed by atoms with Crippen molar-refractivity contribution in [2.24, 2.45) is 11.8 Å². The summed E-state index contributed by atoms with van der Waals surface area (Å²) in [5.74, 6) is 1.48. The Morgan fingerprint density at radius 1 is 1.11 bits per heavy atom. The first-order valence-corrected chi connectivity index (χ1v) is 7.84. The summed E-state index contributed by atoms with van der Waals surface area (Å²) in [6, 6.07) is 2.73. The van der Waals surface area contributed by atoms with Gasteiger partial charge in [0, 0.05) is 0 Å². The van der Waals surface area contributed by atoms with Gasteiger partial charge in [-0.2, -0.15) is 5.26 Å². The topological polar surface area (TPSA) is 27.0 Å². The second kappa shape index (κ2) is 6.06. The molecular formula is C16H28N2. The fraction of sp³-hybridized carbons (Fsp3) is 0.938. The van der Waals surface area contributed by atoms with Crippen molar-refractivity contribution in [1.29, 1.82) is 5.26 Å². The lowest BCUT2D eigenvalue weighted by molar-refractivity contribution is 0.0643. The molecule has 2 fully saturated rings. The number of likely N-dealkylation sites (tertiary alicyclic amines) is 1. The van der Waals surface area contributed by atoms with E-state index in [0.717, 1.165) is 37.8 Å². The molecule has 1 heterocycles. The second-order valence-electron chi connectivity index (χ2n) is 6.65. The number of nitrogens with zero attached hydrogens (tertiary/aromatic N) is 2. The Bertz CT molecular complexity index is 297. The fourth-order valence-electron chi connectivity index (χ4n) is 3.82. The Labute approximate surface area is 112 Å². The average Bonchev–Trinajstić information content (AvgIpc) is 2.68. The first-order chi connectivity index (χ1) is 8.68. The Hall–Kier alpha value is -0.550. The van der Waals surface area contributed by atoms with Gasteiger partial charge in [0.1, 0.15) is 5.54 Å². The van der Waals surface area contributed by atoms with Crippen LogP contribution >= 0.6 is 0 Å². The maximum absolute atomic E-state index is 9.79. The highest BCUT2D eigenvalue weighted by atomic mass is 15.2. The molecule has 2 aliphatic rings. The van der Waals surface area contributed by atoms with Gasteiger partial charge in [-0.25, -0.2) is 0 Å². The van der Waals surface area contributed by atoms with E-state index in [9.17, 15) is 5.26 Å². The van der Waals surface area contributed by atoms with E-state index >= 15 is 0 Å². The molecule has 102 valence electrons. The highest BCUT2D eigenvalue weighted by Gasteiger charge is 2.42. The van der Waals surface area contributed by atoms with Crippen LogP contribution in [-0.2, 0) is 0 Å². The average molecular weight is 248 g/mol. The molecule has 2 nitrogen and oxygen atoms in total. The Kier molecular flexibility index (Phi) is 4.67. The van der Waals surface area contributed by atoms with E-state index in [4.69, 9.17) is 0 Å². The van der Waals surface area contributed by atoms with Crippen LogP contribution in [0.5, 0.6) is 0 Å². The van der Waals surface area contributed by atoms with Gasteiger partial charge in [0.05, 0.1) is 6.07 Å². The van der Waals surface area contributed by atoms with Gasteiger partial charge in [0.25, 0.3) is 0 Å². The van der Waals surface area contributed by atoms with Crippen LogP contribution in [0.2, 0.25) is 0 Å². The summed E-state index contributed by atoms with van der Waals surface area (Å²) in [5.41, 5.74) is -0.127. The molecule has 1 saturated heterocycles.